The molecule has 0 unspecified atom stereocenters. The quantitative estimate of drug-likeness (QED) is 0.741. The molecule has 0 heterocycles. The Morgan fingerprint density at radius 3 is 2.37 bits per heavy atom. The minimum absolute atomic E-state index is 0.000313. The summed E-state index contributed by atoms with van der Waals surface area (Å²) in [5, 5.41) is 11.3. The van der Waals surface area contributed by atoms with Crippen LogP contribution in [0.25, 0.3) is 0 Å². The second-order valence-corrected chi connectivity index (χ2v) is 4.48. The predicted octanol–water partition coefficient (Wildman–Crippen LogP) is 1.14. The highest BCUT2D eigenvalue weighted by Gasteiger charge is 2.12. The Balaban J connectivity index is 2.56. The third-order valence-corrected chi connectivity index (χ3v) is 2.31. The second-order valence-electron chi connectivity index (χ2n) is 4.48. The molecule has 0 spiro atoms. The minimum atomic E-state index is -1.04. The van der Waals surface area contributed by atoms with Crippen LogP contribution < -0.4 is 15.8 Å². The molecule has 1 aromatic rings. The molecule has 4 N–H and O–H groups in total. The van der Waals surface area contributed by atoms with Crippen molar-refractivity contribution in [2.45, 2.75) is 32.4 Å². The second kappa shape index (κ2) is 6.75. The van der Waals surface area contributed by atoms with E-state index in [4.69, 9.17) is 15.6 Å². The van der Waals surface area contributed by atoms with Gasteiger partial charge in [-0.25, -0.2) is 4.79 Å². The maximum Gasteiger partial charge on any atom is 0.412 e. The van der Waals surface area contributed by atoms with Crippen molar-refractivity contribution in [3.8, 4) is 5.75 Å². The summed E-state index contributed by atoms with van der Waals surface area (Å²) >= 11 is 0. The van der Waals surface area contributed by atoms with Crippen LogP contribution >= 0.6 is 0 Å². The molecule has 0 fully saturated rings. The highest BCUT2D eigenvalue weighted by atomic mass is 16.6. The van der Waals surface area contributed by atoms with Gasteiger partial charge in [-0.05, 0) is 38.0 Å². The predicted molar refractivity (Wildman–Crippen MR) is 70.1 cm³/mol. The number of carboxylic acid groups (broad SMARTS) is 1. The van der Waals surface area contributed by atoms with Crippen molar-refractivity contribution in [1.29, 1.82) is 0 Å². The Labute approximate surface area is 111 Å². The van der Waals surface area contributed by atoms with Crippen LogP contribution in [0.5, 0.6) is 5.75 Å². The van der Waals surface area contributed by atoms with E-state index in [9.17, 15) is 9.59 Å². The molecule has 0 aliphatic carbocycles. The molecule has 1 aromatic carbocycles. The molecule has 6 nitrogen and oxygen atoms in total. The highest BCUT2D eigenvalue weighted by molar-refractivity contribution is 5.73. The molecule has 0 saturated heterocycles. The molecule has 1 atom stereocenters. The van der Waals surface area contributed by atoms with E-state index < -0.39 is 18.1 Å². The first-order valence-corrected chi connectivity index (χ1v) is 5.94. The summed E-state index contributed by atoms with van der Waals surface area (Å²) in [6.45, 7) is 3.66. The summed E-state index contributed by atoms with van der Waals surface area (Å²) in [4.78, 5) is 22.0. The van der Waals surface area contributed by atoms with Crippen molar-refractivity contribution in [3.05, 3.63) is 29.8 Å². The number of amides is 1. The van der Waals surface area contributed by atoms with Crippen molar-refractivity contribution in [2.24, 2.45) is 5.73 Å². The van der Waals surface area contributed by atoms with Crippen LogP contribution in [0.15, 0.2) is 24.3 Å². The molecule has 0 aliphatic rings. The molecule has 1 rings (SSSR count). The van der Waals surface area contributed by atoms with Gasteiger partial charge in [0.2, 0.25) is 0 Å². The summed E-state index contributed by atoms with van der Waals surface area (Å²) in [6.07, 6.45) is -0.293. The molecule has 1 amide bonds. The largest absolute Gasteiger partial charge is 0.480 e. The van der Waals surface area contributed by atoms with Crippen molar-refractivity contribution in [2.75, 3.05) is 0 Å². The molecule has 19 heavy (non-hydrogen) atoms. The van der Waals surface area contributed by atoms with Gasteiger partial charge in [-0.15, -0.1) is 0 Å². The van der Waals surface area contributed by atoms with Crippen LogP contribution in [0.3, 0.4) is 0 Å². The van der Waals surface area contributed by atoms with Crippen LogP contribution in [-0.2, 0) is 11.2 Å². The van der Waals surface area contributed by atoms with E-state index in [0.29, 0.717) is 5.75 Å². The van der Waals surface area contributed by atoms with E-state index in [1.165, 1.54) is 0 Å². The van der Waals surface area contributed by atoms with E-state index in [1.54, 1.807) is 24.3 Å². The molecular weight excluding hydrogens is 248 g/mol. The number of ether oxygens (including phenoxy) is 1. The summed E-state index contributed by atoms with van der Waals surface area (Å²) in [7, 11) is 0. The summed E-state index contributed by atoms with van der Waals surface area (Å²) < 4.78 is 5.04. The van der Waals surface area contributed by atoms with Gasteiger partial charge in [-0.3, -0.25) is 4.79 Å². The van der Waals surface area contributed by atoms with Crippen molar-refractivity contribution in [3.63, 3.8) is 0 Å². The molecule has 104 valence electrons. The fourth-order valence-electron chi connectivity index (χ4n) is 1.41. The average molecular weight is 266 g/mol. The third kappa shape index (κ3) is 5.39. The Morgan fingerprint density at radius 2 is 1.89 bits per heavy atom. The topological polar surface area (TPSA) is 102 Å². The lowest BCUT2D eigenvalue weighted by Crippen LogP contribution is -2.33. The maximum absolute atomic E-state index is 11.3. The van der Waals surface area contributed by atoms with E-state index >= 15 is 0 Å². The smallest absolute Gasteiger partial charge is 0.412 e. The molecule has 0 saturated carbocycles. The first kappa shape index (κ1) is 15.0. The Hall–Kier alpha value is -2.08. The van der Waals surface area contributed by atoms with E-state index in [2.05, 4.69) is 5.32 Å². The summed E-state index contributed by atoms with van der Waals surface area (Å²) in [5.41, 5.74) is 6.20. The van der Waals surface area contributed by atoms with Crippen molar-refractivity contribution >= 4 is 12.1 Å². The number of nitrogens with two attached hydrogens (primary N) is 1. The Bertz CT molecular complexity index is 442. The van der Waals surface area contributed by atoms with Crippen LogP contribution in [0.4, 0.5) is 4.79 Å². The van der Waals surface area contributed by atoms with Gasteiger partial charge in [0.25, 0.3) is 0 Å². The Kier molecular flexibility index (Phi) is 5.32. The number of nitrogens with one attached hydrogen (secondary N) is 1. The van der Waals surface area contributed by atoms with E-state index in [-0.39, 0.29) is 12.5 Å². The van der Waals surface area contributed by atoms with Gasteiger partial charge >= 0.3 is 12.1 Å². The van der Waals surface area contributed by atoms with Crippen LogP contribution in [0.1, 0.15) is 19.4 Å². The van der Waals surface area contributed by atoms with Gasteiger partial charge in [-0.2, -0.15) is 0 Å². The number of carbonyl (C=O) groups excluding carboxylic acids is 1. The van der Waals surface area contributed by atoms with Gasteiger partial charge in [0.05, 0.1) is 0 Å². The zero-order chi connectivity index (χ0) is 14.4. The molecule has 0 bridgehead atoms. The van der Waals surface area contributed by atoms with Gasteiger partial charge in [0, 0.05) is 6.04 Å². The van der Waals surface area contributed by atoms with E-state index in [0.717, 1.165) is 5.56 Å². The zero-order valence-electron chi connectivity index (χ0n) is 10.9. The highest BCUT2D eigenvalue weighted by Crippen LogP contribution is 2.13. The van der Waals surface area contributed by atoms with Crippen molar-refractivity contribution in [1.82, 2.24) is 5.32 Å². The molecular formula is C13H18N2O4. The lowest BCUT2D eigenvalue weighted by atomic mass is 10.1. The molecule has 0 aromatic heterocycles. The average Bonchev–Trinajstić information content (AvgIpc) is 2.30. The minimum Gasteiger partial charge on any atom is -0.480 e. The number of aliphatic carboxylic acids is 1. The van der Waals surface area contributed by atoms with Crippen LogP contribution in [-0.4, -0.2) is 29.3 Å². The molecule has 0 aliphatic heterocycles. The Morgan fingerprint density at radius 1 is 1.32 bits per heavy atom. The SMILES string of the molecule is CC(C)NC(=O)Oc1ccc(C[C@H](N)C(=O)O)cc1. The fourth-order valence-corrected chi connectivity index (χ4v) is 1.41. The number of hydrogen-bond donors (Lipinski definition) is 3. The molecule has 0 radical (unpaired) electrons. The third-order valence-electron chi connectivity index (χ3n) is 2.31. The fraction of sp³-hybridized carbons (Fsp3) is 0.385. The first-order chi connectivity index (χ1) is 8.88. The lowest BCUT2D eigenvalue weighted by molar-refractivity contribution is -0.138. The number of rotatable bonds is 5. The van der Waals surface area contributed by atoms with E-state index in [1.807, 2.05) is 13.8 Å². The number of benzene rings is 1. The number of carboxylic acids is 1. The zero-order valence-corrected chi connectivity index (χ0v) is 10.9. The van der Waals surface area contributed by atoms with Crippen LogP contribution in [0.2, 0.25) is 0 Å². The lowest BCUT2D eigenvalue weighted by Gasteiger charge is -2.10. The van der Waals surface area contributed by atoms with Crippen molar-refractivity contribution < 1.29 is 19.4 Å². The summed E-state index contributed by atoms with van der Waals surface area (Å²) in [6, 6.07) is 5.63. The normalized spacial score (nSPS) is 12.0. The molecule has 6 heteroatoms. The van der Waals surface area contributed by atoms with Gasteiger partial charge in [-0.1, -0.05) is 12.1 Å². The number of hydrogen-bond acceptors (Lipinski definition) is 4. The number of carbonyl (C=O) groups is 2. The summed E-state index contributed by atoms with van der Waals surface area (Å²) in [5.74, 6) is -0.651. The van der Waals surface area contributed by atoms with Gasteiger partial charge in [0.1, 0.15) is 11.8 Å². The van der Waals surface area contributed by atoms with Gasteiger partial charge < -0.3 is 20.9 Å². The first-order valence-electron chi connectivity index (χ1n) is 5.94. The maximum atomic E-state index is 11.3. The standard InChI is InChI=1S/C13H18N2O4/c1-8(2)15-13(18)19-10-5-3-9(4-6-10)7-11(14)12(16)17/h3-6,8,11H,7,14H2,1-2H3,(H,15,18)(H,16,17)/t11-/m0/s1. The van der Waals surface area contributed by atoms with Crippen LogP contribution in [0, 0.1) is 0 Å². The monoisotopic (exact) mass is 266 g/mol. The van der Waals surface area contributed by atoms with Gasteiger partial charge in [0.15, 0.2) is 0 Å².